The maximum atomic E-state index is 12.0. The normalized spacial score (nSPS) is 14.4. The van der Waals surface area contributed by atoms with Gasteiger partial charge >= 0.3 is 6.18 Å². The molecule has 0 aliphatic heterocycles. The number of hydrogen-bond acceptors (Lipinski definition) is 4. The molecule has 0 saturated carbocycles. The van der Waals surface area contributed by atoms with E-state index in [4.69, 9.17) is 5.11 Å². The summed E-state index contributed by atoms with van der Waals surface area (Å²) in [5.74, 6) is 0. The van der Waals surface area contributed by atoms with Gasteiger partial charge in [0.15, 0.2) is 15.9 Å². The molecule has 0 amide bonds. The van der Waals surface area contributed by atoms with Gasteiger partial charge < -0.3 is 10.4 Å². The van der Waals surface area contributed by atoms with Crippen LogP contribution in [-0.4, -0.2) is 38.6 Å². The highest BCUT2D eigenvalue weighted by atomic mass is 32.2. The number of hydrogen-bond donors (Lipinski definition) is 2. The highest BCUT2D eigenvalue weighted by Gasteiger charge is 2.37. The van der Waals surface area contributed by atoms with Gasteiger partial charge in [-0.05, 0) is 17.7 Å². The Labute approximate surface area is 109 Å². The predicted octanol–water partition coefficient (Wildman–Crippen LogP) is 1.10. The molecule has 0 radical (unpaired) electrons. The molecule has 1 aromatic rings. The number of halogens is 3. The average molecular weight is 297 g/mol. The number of alkyl halides is 3. The van der Waals surface area contributed by atoms with Gasteiger partial charge in [-0.25, -0.2) is 8.42 Å². The molecule has 1 unspecified atom stereocenters. The van der Waals surface area contributed by atoms with Crippen molar-refractivity contribution in [3.05, 3.63) is 29.8 Å². The molecule has 108 valence electrons. The Bertz CT molecular complexity index is 511. The Morgan fingerprint density at radius 1 is 1.26 bits per heavy atom. The van der Waals surface area contributed by atoms with Gasteiger partial charge in [0.2, 0.25) is 0 Å². The van der Waals surface area contributed by atoms with E-state index >= 15 is 0 Å². The molecule has 0 aliphatic carbocycles. The van der Waals surface area contributed by atoms with Crippen molar-refractivity contribution in [3.63, 3.8) is 0 Å². The Balaban J connectivity index is 2.52. The van der Waals surface area contributed by atoms with E-state index in [2.05, 4.69) is 5.32 Å². The van der Waals surface area contributed by atoms with Gasteiger partial charge in [-0.3, -0.25) is 0 Å². The molecule has 1 rings (SSSR count). The zero-order valence-corrected chi connectivity index (χ0v) is 10.9. The van der Waals surface area contributed by atoms with Crippen LogP contribution in [0, 0.1) is 0 Å². The van der Waals surface area contributed by atoms with E-state index < -0.39 is 28.7 Å². The predicted molar refractivity (Wildman–Crippen MR) is 63.3 cm³/mol. The molecule has 0 fully saturated rings. The van der Waals surface area contributed by atoms with E-state index in [1.54, 1.807) is 0 Å². The lowest BCUT2D eigenvalue weighted by Gasteiger charge is -2.15. The van der Waals surface area contributed by atoms with Gasteiger partial charge in [-0.1, -0.05) is 12.1 Å². The van der Waals surface area contributed by atoms with Crippen LogP contribution in [0.4, 0.5) is 13.2 Å². The summed E-state index contributed by atoms with van der Waals surface area (Å²) >= 11 is 0. The van der Waals surface area contributed by atoms with E-state index in [0.29, 0.717) is 5.56 Å². The van der Waals surface area contributed by atoms with Crippen LogP contribution in [0.1, 0.15) is 5.56 Å². The standard InChI is InChI=1S/C11H14F3NO3S/c1-19(17,18)9-4-2-8(3-5-9)6-15-7-10(16)11(12,13)14/h2-5,10,15-16H,6-7H2,1H3. The largest absolute Gasteiger partial charge is 0.415 e. The minimum atomic E-state index is -4.65. The molecular weight excluding hydrogens is 283 g/mol. The van der Waals surface area contributed by atoms with Crippen LogP contribution < -0.4 is 5.32 Å². The first kappa shape index (κ1) is 15.9. The minimum absolute atomic E-state index is 0.108. The number of rotatable bonds is 5. The lowest BCUT2D eigenvalue weighted by molar-refractivity contribution is -0.201. The van der Waals surface area contributed by atoms with Gasteiger partial charge in [0.1, 0.15) is 0 Å². The summed E-state index contributed by atoms with van der Waals surface area (Å²) in [6, 6.07) is 5.77. The average Bonchev–Trinajstić information content (AvgIpc) is 2.27. The van der Waals surface area contributed by atoms with Gasteiger partial charge in [0.05, 0.1) is 4.90 Å². The molecular formula is C11H14F3NO3S. The van der Waals surface area contributed by atoms with Crippen molar-refractivity contribution in [2.45, 2.75) is 23.7 Å². The lowest BCUT2D eigenvalue weighted by atomic mass is 10.2. The van der Waals surface area contributed by atoms with Crippen LogP contribution >= 0.6 is 0 Å². The summed E-state index contributed by atoms with van der Waals surface area (Å²) in [7, 11) is -3.28. The summed E-state index contributed by atoms with van der Waals surface area (Å²) in [4.78, 5) is 0.145. The molecule has 0 aromatic heterocycles. The van der Waals surface area contributed by atoms with Gasteiger partial charge in [-0.15, -0.1) is 0 Å². The fraction of sp³-hybridized carbons (Fsp3) is 0.455. The van der Waals surface area contributed by atoms with Gasteiger partial charge in [-0.2, -0.15) is 13.2 Å². The molecule has 2 N–H and O–H groups in total. The molecule has 1 aromatic carbocycles. The molecule has 0 bridgehead atoms. The SMILES string of the molecule is CS(=O)(=O)c1ccc(CNCC(O)C(F)(F)F)cc1. The smallest absolute Gasteiger partial charge is 0.382 e. The maximum absolute atomic E-state index is 12.0. The van der Waals surface area contributed by atoms with E-state index in [1.165, 1.54) is 24.3 Å². The van der Waals surface area contributed by atoms with Crippen LogP contribution in [0.25, 0.3) is 0 Å². The van der Waals surface area contributed by atoms with E-state index in [9.17, 15) is 21.6 Å². The number of aliphatic hydroxyl groups is 1. The first-order chi connectivity index (χ1) is 8.60. The van der Waals surface area contributed by atoms with Crippen LogP contribution in [0.2, 0.25) is 0 Å². The Morgan fingerprint density at radius 2 is 1.79 bits per heavy atom. The molecule has 0 spiro atoms. The summed E-state index contributed by atoms with van der Waals surface area (Å²) in [6.45, 7) is -0.505. The van der Waals surface area contributed by atoms with E-state index in [-0.39, 0.29) is 11.4 Å². The first-order valence-corrected chi connectivity index (χ1v) is 7.24. The van der Waals surface area contributed by atoms with Crippen LogP contribution in [0.3, 0.4) is 0 Å². The highest BCUT2D eigenvalue weighted by molar-refractivity contribution is 7.90. The van der Waals surface area contributed by atoms with Crippen LogP contribution in [0.5, 0.6) is 0 Å². The third-order valence-electron chi connectivity index (χ3n) is 2.40. The number of aliphatic hydroxyl groups excluding tert-OH is 1. The Kier molecular flexibility index (Phi) is 4.94. The van der Waals surface area contributed by atoms with Crippen molar-refractivity contribution in [1.29, 1.82) is 0 Å². The molecule has 0 saturated heterocycles. The number of sulfone groups is 1. The molecule has 1 atom stereocenters. The van der Waals surface area contributed by atoms with Crippen LogP contribution in [0.15, 0.2) is 29.2 Å². The highest BCUT2D eigenvalue weighted by Crippen LogP contribution is 2.19. The van der Waals surface area contributed by atoms with Crippen molar-refractivity contribution < 1.29 is 26.7 Å². The zero-order valence-electron chi connectivity index (χ0n) is 10.1. The molecule has 8 heteroatoms. The van der Waals surface area contributed by atoms with Crippen molar-refractivity contribution in [2.24, 2.45) is 0 Å². The zero-order chi connectivity index (χ0) is 14.7. The maximum Gasteiger partial charge on any atom is 0.415 e. The first-order valence-electron chi connectivity index (χ1n) is 5.35. The van der Waals surface area contributed by atoms with Gasteiger partial charge in [0.25, 0.3) is 0 Å². The fourth-order valence-corrected chi connectivity index (χ4v) is 1.95. The second-order valence-electron chi connectivity index (χ2n) is 4.10. The quantitative estimate of drug-likeness (QED) is 0.854. The topological polar surface area (TPSA) is 66.4 Å². The third-order valence-corrected chi connectivity index (χ3v) is 3.52. The van der Waals surface area contributed by atoms with E-state index in [0.717, 1.165) is 6.26 Å². The van der Waals surface area contributed by atoms with E-state index in [1.807, 2.05) is 0 Å². The summed E-state index contributed by atoms with van der Waals surface area (Å²) in [6.07, 6.45) is -5.99. The molecule has 19 heavy (non-hydrogen) atoms. The molecule has 0 heterocycles. The minimum Gasteiger partial charge on any atom is -0.382 e. The number of nitrogens with one attached hydrogen (secondary N) is 1. The van der Waals surface area contributed by atoms with Gasteiger partial charge in [0, 0.05) is 19.3 Å². The Hall–Kier alpha value is -1.12. The summed E-state index contributed by atoms with van der Waals surface area (Å²) in [5.41, 5.74) is 0.627. The monoisotopic (exact) mass is 297 g/mol. The molecule has 4 nitrogen and oxygen atoms in total. The molecule has 0 aliphatic rings. The lowest BCUT2D eigenvalue weighted by Crippen LogP contribution is -2.38. The second kappa shape index (κ2) is 5.89. The van der Waals surface area contributed by atoms with Crippen LogP contribution in [-0.2, 0) is 16.4 Å². The van der Waals surface area contributed by atoms with Crippen molar-refractivity contribution in [1.82, 2.24) is 5.32 Å². The fourth-order valence-electron chi connectivity index (χ4n) is 1.32. The summed E-state index contributed by atoms with van der Waals surface area (Å²) in [5, 5.41) is 11.2. The third kappa shape index (κ3) is 5.17. The number of benzene rings is 1. The van der Waals surface area contributed by atoms with Crippen molar-refractivity contribution in [3.8, 4) is 0 Å². The second-order valence-corrected chi connectivity index (χ2v) is 6.12. The Morgan fingerprint density at radius 3 is 2.21 bits per heavy atom. The summed E-state index contributed by atoms with van der Waals surface area (Å²) < 4.78 is 58.4. The van der Waals surface area contributed by atoms with Crippen molar-refractivity contribution >= 4 is 9.84 Å². The van der Waals surface area contributed by atoms with Crippen molar-refractivity contribution in [2.75, 3.05) is 12.8 Å².